The second kappa shape index (κ2) is 7.62. The van der Waals surface area contributed by atoms with E-state index in [0.29, 0.717) is 12.3 Å². The maximum atomic E-state index is 13.4. The molecule has 3 rings (SSSR count). The van der Waals surface area contributed by atoms with Crippen molar-refractivity contribution in [2.75, 3.05) is 33.2 Å². The van der Waals surface area contributed by atoms with Crippen LogP contribution < -0.4 is 5.32 Å². The van der Waals surface area contributed by atoms with Gasteiger partial charge in [-0.05, 0) is 57.0 Å². The highest BCUT2D eigenvalue weighted by Gasteiger charge is 2.63. The Hall–Kier alpha value is -1.10. The predicted molar refractivity (Wildman–Crippen MR) is 113 cm³/mol. The van der Waals surface area contributed by atoms with Crippen LogP contribution in [0.25, 0.3) is 0 Å². The molecule has 0 aromatic carbocycles. The van der Waals surface area contributed by atoms with Crippen molar-refractivity contribution < 1.29 is 9.59 Å². The number of carbonyl (C=O) groups is 2. The highest BCUT2D eigenvalue weighted by Crippen LogP contribution is 2.65. The van der Waals surface area contributed by atoms with Gasteiger partial charge in [-0.25, -0.2) is 0 Å². The first-order valence-electron chi connectivity index (χ1n) is 11.3. The topological polar surface area (TPSA) is 52.7 Å². The highest BCUT2D eigenvalue weighted by atomic mass is 16.2. The smallest absolute Gasteiger partial charge is 0.227 e. The maximum Gasteiger partial charge on any atom is 0.227 e. The van der Waals surface area contributed by atoms with Crippen molar-refractivity contribution in [2.24, 2.45) is 22.2 Å². The molecule has 3 fully saturated rings. The highest BCUT2D eigenvalue weighted by molar-refractivity contribution is 5.85. The van der Waals surface area contributed by atoms with Crippen molar-refractivity contribution in [3.05, 3.63) is 0 Å². The number of carbonyl (C=O) groups excluding carboxylic acids is 2. The second-order valence-electron chi connectivity index (χ2n) is 10.8. The molecule has 1 N–H and O–H groups in total. The Morgan fingerprint density at radius 3 is 2.25 bits per heavy atom. The lowest BCUT2D eigenvalue weighted by Crippen LogP contribution is -2.59. The van der Waals surface area contributed by atoms with Gasteiger partial charge >= 0.3 is 0 Å². The molecule has 0 spiro atoms. The molecule has 5 nitrogen and oxygen atoms in total. The Balaban J connectivity index is 1.60. The lowest BCUT2D eigenvalue weighted by molar-refractivity contribution is -0.139. The molecule has 5 heteroatoms. The summed E-state index contributed by atoms with van der Waals surface area (Å²) in [5, 5.41) is 3.46. The summed E-state index contributed by atoms with van der Waals surface area (Å²) in [6, 6.07) is 0.146. The van der Waals surface area contributed by atoms with E-state index in [4.69, 9.17) is 0 Å². The SMILES string of the molecule is CCN(C)CCC(=O)N1CCC(NC(=O)C23CCC(CC2)C3(C)C)C(C)(C)C1. The molecule has 1 atom stereocenters. The number of hydrogen-bond acceptors (Lipinski definition) is 3. The number of nitrogens with zero attached hydrogens (tertiary/aromatic N) is 2. The van der Waals surface area contributed by atoms with Crippen LogP contribution in [0, 0.1) is 22.2 Å². The average Bonchev–Trinajstić information content (AvgIpc) is 3.06. The zero-order chi connectivity index (χ0) is 20.7. The van der Waals surface area contributed by atoms with E-state index in [1.165, 1.54) is 12.8 Å². The van der Waals surface area contributed by atoms with E-state index in [-0.39, 0.29) is 34.1 Å². The molecule has 1 heterocycles. The van der Waals surface area contributed by atoms with E-state index >= 15 is 0 Å². The van der Waals surface area contributed by atoms with Gasteiger partial charge in [0.1, 0.15) is 0 Å². The first kappa shape index (κ1) is 21.6. The van der Waals surface area contributed by atoms with Gasteiger partial charge in [-0.3, -0.25) is 9.59 Å². The van der Waals surface area contributed by atoms with Crippen LogP contribution in [0.3, 0.4) is 0 Å². The molecule has 0 aromatic heterocycles. The first-order chi connectivity index (χ1) is 13.0. The largest absolute Gasteiger partial charge is 0.352 e. The van der Waals surface area contributed by atoms with E-state index in [9.17, 15) is 9.59 Å². The lowest BCUT2D eigenvalue weighted by atomic mass is 9.68. The summed E-state index contributed by atoms with van der Waals surface area (Å²) >= 11 is 0. The lowest BCUT2D eigenvalue weighted by Gasteiger charge is -2.46. The summed E-state index contributed by atoms with van der Waals surface area (Å²) in [7, 11) is 2.05. The van der Waals surface area contributed by atoms with Gasteiger partial charge in [-0.2, -0.15) is 0 Å². The molecule has 3 aliphatic rings. The molecule has 1 saturated heterocycles. The summed E-state index contributed by atoms with van der Waals surface area (Å²) in [5.74, 6) is 1.22. The molecule has 2 amide bonds. The maximum absolute atomic E-state index is 13.4. The molecule has 28 heavy (non-hydrogen) atoms. The third-order valence-corrected chi connectivity index (χ3v) is 8.66. The molecule has 2 bridgehead atoms. The average molecular weight is 392 g/mol. The van der Waals surface area contributed by atoms with Crippen LogP contribution in [0.15, 0.2) is 0 Å². The molecule has 1 aliphatic heterocycles. The Bertz CT molecular complexity index is 605. The van der Waals surface area contributed by atoms with E-state index < -0.39 is 0 Å². The van der Waals surface area contributed by atoms with Gasteiger partial charge in [0.25, 0.3) is 0 Å². The summed E-state index contributed by atoms with van der Waals surface area (Å²) in [4.78, 5) is 30.3. The number of hydrogen-bond donors (Lipinski definition) is 1. The van der Waals surface area contributed by atoms with Crippen LogP contribution >= 0.6 is 0 Å². The molecular weight excluding hydrogens is 350 g/mol. The van der Waals surface area contributed by atoms with Crippen molar-refractivity contribution >= 4 is 11.8 Å². The van der Waals surface area contributed by atoms with Gasteiger partial charge in [-0.15, -0.1) is 0 Å². The fourth-order valence-corrected chi connectivity index (χ4v) is 6.12. The Morgan fingerprint density at radius 2 is 1.75 bits per heavy atom. The van der Waals surface area contributed by atoms with E-state index in [0.717, 1.165) is 45.4 Å². The number of piperidine rings is 1. The fourth-order valence-electron chi connectivity index (χ4n) is 6.12. The predicted octanol–water partition coefficient (Wildman–Crippen LogP) is 3.29. The van der Waals surface area contributed by atoms with Gasteiger partial charge in [-0.1, -0.05) is 34.6 Å². The van der Waals surface area contributed by atoms with Crippen LogP contribution in [-0.2, 0) is 9.59 Å². The van der Waals surface area contributed by atoms with Gasteiger partial charge < -0.3 is 15.1 Å². The number of fused-ring (bicyclic) bond motifs is 2. The van der Waals surface area contributed by atoms with Gasteiger partial charge in [0.05, 0.1) is 5.41 Å². The fraction of sp³-hybridized carbons (Fsp3) is 0.913. The Labute approximate surface area is 171 Å². The summed E-state index contributed by atoms with van der Waals surface area (Å²) in [6.07, 6.45) is 5.91. The van der Waals surface area contributed by atoms with E-state index in [1.54, 1.807) is 0 Å². The molecule has 2 saturated carbocycles. The van der Waals surface area contributed by atoms with Crippen LogP contribution in [0.4, 0.5) is 0 Å². The van der Waals surface area contributed by atoms with Crippen molar-refractivity contribution in [3.63, 3.8) is 0 Å². The van der Waals surface area contributed by atoms with Crippen LogP contribution in [0.1, 0.15) is 73.1 Å². The summed E-state index contributed by atoms with van der Waals surface area (Å²) in [6.45, 7) is 14.4. The molecule has 0 aromatic rings. The number of likely N-dealkylation sites (tertiary alicyclic amines) is 1. The number of nitrogens with one attached hydrogen (secondary N) is 1. The zero-order valence-electron chi connectivity index (χ0n) is 18.9. The third-order valence-electron chi connectivity index (χ3n) is 8.66. The molecule has 160 valence electrons. The Morgan fingerprint density at radius 1 is 1.11 bits per heavy atom. The molecule has 0 radical (unpaired) electrons. The first-order valence-corrected chi connectivity index (χ1v) is 11.3. The third kappa shape index (κ3) is 3.59. The van der Waals surface area contributed by atoms with Crippen molar-refractivity contribution in [1.82, 2.24) is 15.1 Å². The van der Waals surface area contributed by atoms with Gasteiger partial charge in [0.15, 0.2) is 0 Å². The zero-order valence-corrected chi connectivity index (χ0v) is 18.9. The standard InChI is InChI=1S/C23H41N3O2/c1-7-25(6)14-11-19(27)26-15-10-18(21(2,3)16-26)24-20(28)23-12-8-17(9-13-23)22(23,4)5/h17-18H,7-16H2,1-6H3,(H,24,28). The Kier molecular flexibility index (Phi) is 5.88. The molecule has 1 unspecified atom stereocenters. The van der Waals surface area contributed by atoms with E-state index in [1.807, 2.05) is 4.90 Å². The van der Waals surface area contributed by atoms with E-state index in [2.05, 4.69) is 51.9 Å². The normalized spacial score (nSPS) is 33.3. The monoisotopic (exact) mass is 391 g/mol. The molecular formula is C23H41N3O2. The van der Waals surface area contributed by atoms with Gasteiger partial charge in [0.2, 0.25) is 11.8 Å². The van der Waals surface area contributed by atoms with Gasteiger partial charge in [0, 0.05) is 37.5 Å². The minimum atomic E-state index is -0.175. The van der Waals surface area contributed by atoms with Crippen LogP contribution in [0.5, 0.6) is 0 Å². The minimum absolute atomic E-state index is 0.0996. The summed E-state index contributed by atoms with van der Waals surface area (Å²) in [5.41, 5.74) is -0.160. The van der Waals surface area contributed by atoms with Crippen molar-refractivity contribution in [2.45, 2.75) is 79.2 Å². The summed E-state index contributed by atoms with van der Waals surface area (Å²) < 4.78 is 0. The quantitative estimate of drug-likeness (QED) is 0.756. The van der Waals surface area contributed by atoms with Crippen LogP contribution in [-0.4, -0.2) is 60.9 Å². The van der Waals surface area contributed by atoms with Crippen molar-refractivity contribution in [1.29, 1.82) is 0 Å². The molecule has 2 aliphatic carbocycles. The van der Waals surface area contributed by atoms with Crippen molar-refractivity contribution in [3.8, 4) is 0 Å². The number of amides is 2. The minimum Gasteiger partial charge on any atom is -0.352 e. The van der Waals surface area contributed by atoms with Crippen LogP contribution in [0.2, 0.25) is 0 Å². The second-order valence-corrected chi connectivity index (χ2v) is 10.8. The number of rotatable bonds is 6.